The minimum Gasteiger partial charge on any atom is -0.409 e. The number of anilines is 1. The Hall–Kier alpha value is -2.35. The third-order valence-corrected chi connectivity index (χ3v) is 3.19. The number of amides is 1. The number of oxime groups is 1. The van der Waals surface area contributed by atoms with Crippen LogP contribution in [0.2, 0.25) is 0 Å². The van der Waals surface area contributed by atoms with Gasteiger partial charge in [0.25, 0.3) is 5.91 Å². The third-order valence-electron chi connectivity index (χ3n) is 2.69. The van der Waals surface area contributed by atoms with E-state index in [1.165, 1.54) is 6.20 Å². The Balaban J connectivity index is 2.26. The zero-order chi connectivity index (χ0) is 14.7. The number of carbonyl (C=O) groups excluding carboxylic acids is 1. The van der Waals surface area contributed by atoms with Crippen LogP contribution in [0.1, 0.15) is 21.5 Å². The first-order valence-electron chi connectivity index (χ1n) is 5.61. The molecular weight excluding hydrogens is 326 g/mol. The Morgan fingerprint density at radius 2 is 2.25 bits per heavy atom. The van der Waals surface area contributed by atoms with Crippen LogP contribution < -0.4 is 11.1 Å². The van der Waals surface area contributed by atoms with E-state index in [9.17, 15) is 4.79 Å². The van der Waals surface area contributed by atoms with E-state index in [0.717, 1.165) is 10.0 Å². The van der Waals surface area contributed by atoms with Crippen LogP contribution in [-0.2, 0) is 0 Å². The molecule has 0 aliphatic carbocycles. The molecule has 0 fully saturated rings. The fraction of sp³-hybridized carbons (Fsp3) is 0.0833. The number of hydrogen-bond acceptors (Lipinski definition) is 4. The smallest absolute Gasteiger partial charge is 0.257 e. The molecular formula is C12H12BrN5O2. The van der Waals surface area contributed by atoms with Crippen molar-refractivity contribution in [3.63, 3.8) is 0 Å². The number of halogens is 1. The SMILES string of the molecule is Cc1cc(Br)ccc1C(=O)Nc1[nH]ncc1C(N)=NO. The molecule has 0 saturated carbocycles. The van der Waals surface area contributed by atoms with Gasteiger partial charge in [0.05, 0.1) is 11.8 Å². The Bertz CT molecular complexity index is 680. The molecule has 0 bridgehead atoms. The van der Waals surface area contributed by atoms with E-state index in [2.05, 4.69) is 36.6 Å². The number of aryl methyl sites for hydroxylation is 1. The molecule has 0 saturated heterocycles. The molecule has 1 aromatic carbocycles. The molecule has 2 aromatic rings. The van der Waals surface area contributed by atoms with Gasteiger partial charge in [-0.15, -0.1) is 0 Å². The fourth-order valence-electron chi connectivity index (χ4n) is 1.69. The molecule has 0 unspecified atom stereocenters. The summed E-state index contributed by atoms with van der Waals surface area (Å²) < 4.78 is 0.894. The van der Waals surface area contributed by atoms with Gasteiger partial charge in [-0.05, 0) is 30.7 Å². The normalized spacial score (nSPS) is 11.4. The first-order chi connectivity index (χ1) is 9.52. The lowest BCUT2D eigenvalue weighted by Crippen LogP contribution is -2.19. The van der Waals surface area contributed by atoms with Crippen LogP contribution in [0, 0.1) is 6.92 Å². The Labute approximate surface area is 123 Å². The Morgan fingerprint density at radius 1 is 1.50 bits per heavy atom. The van der Waals surface area contributed by atoms with E-state index in [4.69, 9.17) is 10.9 Å². The molecule has 0 spiro atoms. The summed E-state index contributed by atoms with van der Waals surface area (Å²) in [5.41, 5.74) is 7.14. The van der Waals surface area contributed by atoms with Gasteiger partial charge in [0.1, 0.15) is 5.82 Å². The zero-order valence-corrected chi connectivity index (χ0v) is 12.1. The predicted octanol–water partition coefficient (Wildman–Crippen LogP) is 1.83. The molecule has 2 rings (SSSR count). The summed E-state index contributed by atoms with van der Waals surface area (Å²) in [7, 11) is 0. The van der Waals surface area contributed by atoms with Gasteiger partial charge in [-0.1, -0.05) is 21.1 Å². The predicted molar refractivity (Wildman–Crippen MR) is 77.9 cm³/mol. The van der Waals surface area contributed by atoms with E-state index in [1.54, 1.807) is 12.1 Å². The van der Waals surface area contributed by atoms with Gasteiger partial charge in [-0.25, -0.2) is 0 Å². The van der Waals surface area contributed by atoms with Crippen LogP contribution in [0.5, 0.6) is 0 Å². The van der Waals surface area contributed by atoms with E-state index >= 15 is 0 Å². The van der Waals surface area contributed by atoms with Crippen LogP contribution in [0.3, 0.4) is 0 Å². The van der Waals surface area contributed by atoms with E-state index in [0.29, 0.717) is 11.1 Å². The number of aromatic nitrogens is 2. The van der Waals surface area contributed by atoms with Crippen molar-refractivity contribution in [2.24, 2.45) is 10.9 Å². The van der Waals surface area contributed by atoms with Crippen molar-refractivity contribution in [3.05, 3.63) is 45.6 Å². The molecule has 0 radical (unpaired) electrons. The lowest BCUT2D eigenvalue weighted by molar-refractivity contribution is 0.102. The van der Waals surface area contributed by atoms with Crippen LogP contribution >= 0.6 is 15.9 Å². The molecule has 1 heterocycles. The second-order valence-corrected chi connectivity index (χ2v) is 4.97. The highest BCUT2D eigenvalue weighted by Crippen LogP contribution is 2.18. The Kier molecular flexibility index (Phi) is 4.04. The highest BCUT2D eigenvalue weighted by atomic mass is 79.9. The van der Waals surface area contributed by atoms with Crippen molar-refractivity contribution in [2.75, 3.05) is 5.32 Å². The number of hydrogen-bond donors (Lipinski definition) is 4. The summed E-state index contributed by atoms with van der Waals surface area (Å²) >= 11 is 3.34. The van der Waals surface area contributed by atoms with Crippen molar-refractivity contribution >= 4 is 33.5 Å². The van der Waals surface area contributed by atoms with Gasteiger partial charge in [0.2, 0.25) is 0 Å². The highest BCUT2D eigenvalue weighted by molar-refractivity contribution is 9.10. The van der Waals surface area contributed by atoms with E-state index in [1.807, 2.05) is 13.0 Å². The number of H-pyrrole nitrogens is 1. The molecule has 20 heavy (non-hydrogen) atoms. The summed E-state index contributed by atoms with van der Waals surface area (Å²) in [5.74, 6) is -0.180. The number of benzene rings is 1. The quantitative estimate of drug-likeness (QED) is 0.296. The van der Waals surface area contributed by atoms with Gasteiger partial charge in [0, 0.05) is 10.0 Å². The first-order valence-corrected chi connectivity index (χ1v) is 6.41. The average molecular weight is 338 g/mol. The summed E-state index contributed by atoms with van der Waals surface area (Å²) in [6.07, 6.45) is 1.36. The number of carbonyl (C=O) groups is 1. The minimum absolute atomic E-state index is 0.137. The summed E-state index contributed by atoms with van der Waals surface area (Å²) in [4.78, 5) is 12.2. The number of nitrogens with two attached hydrogens (primary N) is 1. The largest absolute Gasteiger partial charge is 0.409 e. The highest BCUT2D eigenvalue weighted by Gasteiger charge is 2.15. The zero-order valence-electron chi connectivity index (χ0n) is 10.5. The maximum absolute atomic E-state index is 12.2. The van der Waals surface area contributed by atoms with Gasteiger partial charge >= 0.3 is 0 Å². The van der Waals surface area contributed by atoms with Gasteiger partial charge in [-0.2, -0.15) is 5.10 Å². The van der Waals surface area contributed by atoms with E-state index in [-0.39, 0.29) is 17.6 Å². The maximum Gasteiger partial charge on any atom is 0.257 e. The van der Waals surface area contributed by atoms with Crippen molar-refractivity contribution in [3.8, 4) is 0 Å². The van der Waals surface area contributed by atoms with Crippen LogP contribution in [0.25, 0.3) is 0 Å². The second kappa shape index (κ2) is 5.74. The van der Waals surface area contributed by atoms with Gasteiger partial charge in [0.15, 0.2) is 5.84 Å². The summed E-state index contributed by atoms with van der Waals surface area (Å²) in [6.45, 7) is 1.83. The molecule has 104 valence electrons. The third kappa shape index (κ3) is 2.80. The second-order valence-electron chi connectivity index (χ2n) is 4.06. The van der Waals surface area contributed by atoms with Crippen molar-refractivity contribution in [2.45, 2.75) is 6.92 Å². The lowest BCUT2D eigenvalue weighted by atomic mass is 10.1. The van der Waals surface area contributed by atoms with Crippen LogP contribution in [-0.4, -0.2) is 27.1 Å². The summed E-state index contributed by atoms with van der Waals surface area (Å²) in [5, 5.41) is 20.5. The molecule has 1 aromatic heterocycles. The fourth-order valence-corrected chi connectivity index (χ4v) is 2.17. The van der Waals surface area contributed by atoms with Gasteiger partial charge < -0.3 is 16.3 Å². The number of amidine groups is 1. The monoisotopic (exact) mass is 337 g/mol. The van der Waals surface area contributed by atoms with Crippen LogP contribution in [0.4, 0.5) is 5.82 Å². The molecule has 0 aliphatic heterocycles. The van der Waals surface area contributed by atoms with Crippen LogP contribution in [0.15, 0.2) is 34.0 Å². The summed E-state index contributed by atoms with van der Waals surface area (Å²) in [6, 6.07) is 5.32. The van der Waals surface area contributed by atoms with Crippen molar-refractivity contribution < 1.29 is 10.0 Å². The molecule has 0 aliphatic rings. The number of nitrogens with one attached hydrogen (secondary N) is 2. The molecule has 8 heteroatoms. The van der Waals surface area contributed by atoms with Gasteiger partial charge in [-0.3, -0.25) is 9.89 Å². The number of nitrogens with zero attached hydrogens (tertiary/aromatic N) is 2. The maximum atomic E-state index is 12.2. The molecule has 5 N–H and O–H groups in total. The standard InChI is InChI=1S/C12H12BrN5O2/c1-6-4-7(13)2-3-8(6)12(19)16-11-9(5-15-17-11)10(14)18-20/h2-5,20H,1H3,(H2,14,18)(H2,15,16,17,19). The molecule has 0 atom stereocenters. The van der Waals surface area contributed by atoms with E-state index < -0.39 is 0 Å². The topological polar surface area (TPSA) is 116 Å². The van der Waals surface area contributed by atoms with Crippen molar-refractivity contribution in [1.29, 1.82) is 0 Å². The van der Waals surface area contributed by atoms with Crippen molar-refractivity contribution in [1.82, 2.24) is 10.2 Å². The number of aromatic amines is 1. The number of rotatable bonds is 3. The Morgan fingerprint density at radius 3 is 2.90 bits per heavy atom. The first kappa shape index (κ1) is 14.1. The minimum atomic E-state index is -0.314. The molecule has 7 nitrogen and oxygen atoms in total. The average Bonchev–Trinajstić information content (AvgIpc) is 2.85. The lowest BCUT2D eigenvalue weighted by Gasteiger charge is -2.07. The molecule has 1 amide bonds.